The van der Waals surface area contributed by atoms with Gasteiger partial charge in [-0.25, -0.2) is 0 Å². The molecule has 0 saturated carbocycles. The zero-order chi connectivity index (χ0) is 14.3. The fourth-order valence-corrected chi connectivity index (χ4v) is 2.16. The van der Waals surface area contributed by atoms with Gasteiger partial charge in [0.15, 0.2) is 0 Å². The second kappa shape index (κ2) is 8.15. The van der Waals surface area contributed by atoms with Crippen molar-refractivity contribution in [1.29, 1.82) is 0 Å². The van der Waals surface area contributed by atoms with E-state index in [-0.39, 0.29) is 18.2 Å². The Hall–Kier alpha value is -1.10. The van der Waals surface area contributed by atoms with E-state index in [0.717, 1.165) is 17.7 Å². The standard InChI is InChI=1S/C15H26N2O2/c1-5-13(18-6-2)15(17-16)12-9-7-8-10-14(12)19-11(3)4/h7-11,13,15,17H,5-6,16H2,1-4H3. The van der Waals surface area contributed by atoms with Crippen LogP contribution in [0.4, 0.5) is 0 Å². The van der Waals surface area contributed by atoms with Gasteiger partial charge >= 0.3 is 0 Å². The van der Waals surface area contributed by atoms with Crippen molar-refractivity contribution in [3.63, 3.8) is 0 Å². The summed E-state index contributed by atoms with van der Waals surface area (Å²) in [6, 6.07) is 7.89. The van der Waals surface area contributed by atoms with Gasteiger partial charge in [0.25, 0.3) is 0 Å². The van der Waals surface area contributed by atoms with Gasteiger partial charge in [-0.1, -0.05) is 25.1 Å². The van der Waals surface area contributed by atoms with E-state index in [4.69, 9.17) is 15.3 Å². The molecule has 108 valence electrons. The number of benzene rings is 1. The predicted octanol–water partition coefficient (Wildman–Crippen LogP) is 2.79. The van der Waals surface area contributed by atoms with Crippen LogP contribution in [0.2, 0.25) is 0 Å². The van der Waals surface area contributed by atoms with Gasteiger partial charge in [-0.05, 0) is 33.3 Å². The van der Waals surface area contributed by atoms with Crippen molar-refractivity contribution in [3.8, 4) is 5.75 Å². The van der Waals surface area contributed by atoms with E-state index in [1.54, 1.807) is 0 Å². The first-order chi connectivity index (χ1) is 9.13. The van der Waals surface area contributed by atoms with Crippen molar-refractivity contribution >= 4 is 0 Å². The van der Waals surface area contributed by atoms with Crippen LogP contribution in [0.1, 0.15) is 45.7 Å². The minimum Gasteiger partial charge on any atom is -0.491 e. The Kier molecular flexibility index (Phi) is 6.84. The maximum Gasteiger partial charge on any atom is 0.124 e. The van der Waals surface area contributed by atoms with Crippen LogP contribution in [0.3, 0.4) is 0 Å². The van der Waals surface area contributed by atoms with Crippen molar-refractivity contribution in [3.05, 3.63) is 29.8 Å². The highest BCUT2D eigenvalue weighted by Crippen LogP contribution is 2.29. The lowest BCUT2D eigenvalue weighted by molar-refractivity contribution is 0.0304. The van der Waals surface area contributed by atoms with Crippen LogP contribution in [-0.2, 0) is 4.74 Å². The maximum atomic E-state index is 5.85. The fraction of sp³-hybridized carbons (Fsp3) is 0.600. The molecule has 0 amide bonds. The Balaban J connectivity index is 3.02. The lowest BCUT2D eigenvalue weighted by Gasteiger charge is -2.27. The number of para-hydroxylation sites is 1. The van der Waals surface area contributed by atoms with Crippen LogP contribution in [0.25, 0.3) is 0 Å². The number of ether oxygens (including phenoxy) is 2. The van der Waals surface area contributed by atoms with Crippen molar-refractivity contribution < 1.29 is 9.47 Å². The highest BCUT2D eigenvalue weighted by Gasteiger charge is 2.24. The van der Waals surface area contributed by atoms with E-state index in [9.17, 15) is 0 Å². The van der Waals surface area contributed by atoms with Crippen LogP contribution < -0.4 is 16.0 Å². The molecule has 2 unspecified atom stereocenters. The molecule has 2 atom stereocenters. The number of hydrogen-bond acceptors (Lipinski definition) is 4. The highest BCUT2D eigenvalue weighted by molar-refractivity contribution is 5.36. The van der Waals surface area contributed by atoms with Crippen LogP contribution in [0.5, 0.6) is 5.75 Å². The van der Waals surface area contributed by atoms with Gasteiger partial charge < -0.3 is 9.47 Å². The lowest BCUT2D eigenvalue weighted by Crippen LogP contribution is -2.38. The van der Waals surface area contributed by atoms with Crippen LogP contribution in [0, 0.1) is 0 Å². The molecule has 1 aromatic rings. The molecule has 19 heavy (non-hydrogen) atoms. The quantitative estimate of drug-likeness (QED) is 0.561. The third-order valence-corrected chi connectivity index (χ3v) is 2.95. The highest BCUT2D eigenvalue weighted by atomic mass is 16.5. The van der Waals surface area contributed by atoms with Gasteiger partial charge in [-0.15, -0.1) is 0 Å². The summed E-state index contributed by atoms with van der Waals surface area (Å²) in [7, 11) is 0. The molecule has 0 aliphatic carbocycles. The van der Waals surface area contributed by atoms with E-state index < -0.39 is 0 Å². The summed E-state index contributed by atoms with van der Waals surface area (Å²) < 4.78 is 11.6. The van der Waals surface area contributed by atoms with E-state index in [1.807, 2.05) is 45.0 Å². The fourth-order valence-electron chi connectivity index (χ4n) is 2.16. The second-order valence-corrected chi connectivity index (χ2v) is 4.75. The van der Waals surface area contributed by atoms with Crippen LogP contribution >= 0.6 is 0 Å². The monoisotopic (exact) mass is 266 g/mol. The minimum atomic E-state index is -0.0695. The molecule has 0 aliphatic rings. The number of nitrogens with one attached hydrogen (secondary N) is 1. The first kappa shape index (κ1) is 16.0. The van der Waals surface area contributed by atoms with Crippen molar-refractivity contribution in [2.24, 2.45) is 5.84 Å². The van der Waals surface area contributed by atoms with Gasteiger partial charge in [-0.3, -0.25) is 11.3 Å². The third-order valence-electron chi connectivity index (χ3n) is 2.95. The van der Waals surface area contributed by atoms with Gasteiger partial charge in [-0.2, -0.15) is 0 Å². The normalized spacial score (nSPS) is 14.4. The van der Waals surface area contributed by atoms with Gasteiger partial charge in [0.05, 0.1) is 18.2 Å². The summed E-state index contributed by atoms with van der Waals surface area (Å²) >= 11 is 0. The smallest absolute Gasteiger partial charge is 0.124 e. The SMILES string of the molecule is CCOC(CC)C(NN)c1ccccc1OC(C)C. The Morgan fingerprint density at radius 2 is 1.89 bits per heavy atom. The number of nitrogens with two attached hydrogens (primary N) is 1. The summed E-state index contributed by atoms with van der Waals surface area (Å²) in [6.45, 7) is 8.79. The summed E-state index contributed by atoms with van der Waals surface area (Å²) in [6.07, 6.45) is 1.05. The largest absolute Gasteiger partial charge is 0.491 e. The Morgan fingerprint density at radius 3 is 2.42 bits per heavy atom. The zero-order valence-electron chi connectivity index (χ0n) is 12.3. The summed E-state index contributed by atoms with van der Waals surface area (Å²) in [5, 5.41) is 0. The second-order valence-electron chi connectivity index (χ2n) is 4.75. The maximum absolute atomic E-state index is 5.85. The summed E-state index contributed by atoms with van der Waals surface area (Å²) in [4.78, 5) is 0. The molecule has 0 aromatic heterocycles. The molecule has 1 aromatic carbocycles. The van der Waals surface area contributed by atoms with E-state index in [2.05, 4.69) is 12.3 Å². The summed E-state index contributed by atoms with van der Waals surface area (Å²) in [5.41, 5.74) is 3.90. The Bertz CT molecular complexity index is 369. The number of hydrogen-bond donors (Lipinski definition) is 2. The molecule has 0 radical (unpaired) electrons. The van der Waals surface area contributed by atoms with E-state index in [0.29, 0.717) is 6.61 Å². The van der Waals surface area contributed by atoms with Gasteiger partial charge in [0.1, 0.15) is 5.75 Å². The Labute approximate surface area is 116 Å². The van der Waals surface area contributed by atoms with Crippen LogP contribution in [0.15, 0.2) is 24.3 Å². The predicted molar refractivity (Wildman–Crippen MR) is 78.0 cm³/mol. The zero-order valence-corrected chi connectivity index (χ0v) is 12.3. The molecular weight excluding hydrogens is 240 g/mol. The van der Waals surface area contributed by atoms with Crippen LogP contribution in [-0.4, -0.2) is 18.8 Å². The molecule has 0 bridgehead atoms. The average molecular weight is 266 g/mol. The lowest BCUT2D eigenvalue weighted by atomic mass is 9.99. The molecule has 4 nitrogen and oxygen atoms in total. The third kappa shape index (κ3) is 4.49. The molecule has 0 spiro atoms. The topological polar surface area (TPSA) is 56.5 Å². The Morgan fingerprint density at radius 1 is 1.21 bits per heavy atom. The molecule has 3 N–H and O–H groups in total. The number of rotatable bonds is 8. The summed E-state index contributed by atoms with van der Waals surface area (Å²) in [5.74, 6) is 6.59. The van der Waals surface area contributed by atoms with Crippen molar-refractivity contribution in [1.82, 2.24) is 5.43 Å². The van der Waals surface area contributed by atoms with Gasteiger partial charge in [0, 0.05) is 12.2 Å². The molecule has 4 heteroatoms. The molecule has 0 saturated heterocycles. The number of hydrazine groups is 1. The van der Waals surface area contributed by atoms with E-state index >= 15 is 0 Å². The minimum absolute atomic E-state index is 0.0342. The molecule has 0 heterocycles. The van der Waals surface area contributed by atoms with E-state index in [1.165, 1.54) is 0 Å². The average Bonchev–Trinajstić information content (AvgIpc) is 2.39. The first-order valence-corrected chi connectivity index (χ1v) is 6.97. The van der Waals surface area contributed by atoms with Crippen molar-refractivity contribution in [2.75, 3.05) is 6.61 Å². The van der Waals surface area contributed by atoms with Crippen molar-refractivity contribution in [2.45, 2.75) is 52.4 Å². The van der Waals surface area contributed by atoms with Gasteiger partial charge in [0.2, 0.25) is 0 Å². The molecule has 0 fully saturated rings. The first-order valence-electron chi connectivity index (χ1n) is 6.97. The molecular formula is C15H26N2O2. The molecule has 0 aliphatic heterocycles. The molecule has 1 rings (SSSR count).